The van der Waals surface area contributed by atoms with E-state index in [-0.39, 0.29) is 27.9 Å². The monoisotopic (exact) mass is 346 g/mol. The highest BCUT2D eigenvalue weighted by Crippen LogP contribution is 2.27. The number of methoxy groups -OCH3 is 1. The average molecular weight is 347 g/mol. The molecule has 0 aliphatic carbocycles. The number of anilines is 1. The first-order chi connectivity index (χ1) is 11.4. The zero-order chi connectivity index (χ0) is 17.9. The van der Waals surface area contributed by atoms with Crippen LogP contribution >= 0.6 is 11.6 Å². The minimum Gasteiger partial charge on any atom is -0.464 e. The number of esters is 1. The first-order valence-corrected chi connectivity index (χ1v) is 7.39. The fourth-order valence-electron chi connectivity index (χ4n) is 2.21. The Morgan fingerprint density at radius 2 is 2.17 bits per heavy atom. The second kappa shape index (κ2) is 7.06. The summed E-state index contributed by atoms with van der Waals surface area (Å²) in [6, 6.07) is 6.56. The van der Waals surface area contributed by atoms with E-state index in [2.05, 4.69) is 5.32 Å². The van der Waals surface area contributed by atoms with Crippen LogP contribution in [0.2, 0.25) is 5.02 Å². The lowest BCUT2D eigenvalue weighted by atomic mass is 10.2. The Bertz CT molecular complexity index is 852. The molecule has 1 aromatic carbocycles. The predicted molar refractivity (Wildman–Crippen MR) is 89.3 cm³/mol. The molecule has 24 heavy (non-hydrogen) atoms. The van der Waals surface area contributed by atoms with Gasteiger partial charge in [0.05, 0.1) is 28.9 Å². The molecule has 1 heterocycles. The number of hydrogen-bond donors (Lipinski definition) is 2. The molecule has 0 bridgehead atoms. The first kappa shape index (κ1) is 17.4. The van der Waals surface area contributed by atoms with Gasteiger partial charge in [0.15, 0.2) is 5.69 Å². The van der Waals surface area contributed by atoms with Gasteiger partial charge < -0.3 is 20.4 Å². The number of nitrogens with zero attached hydrogens (tertiary/aromatic N) is 2. The highest BCUT2D eigenvalue weighted by molar-refractivity contribution is 6.34. The number of halogens is 1. The van der Waals surface area contributed by atoms with Crippen molar-refractivity contribution in [1.82, 2.24) is 9.88 Å². The Labute approximate surface area is 143 Å². The molecular formula is C16H15ClN4O3. The lowest BCUT2D eigenvalue weighted by molar-refractivity contribution is 0.0592. The Balaban J connectivity index is 2.57. The van der Waals surface area contributed by atoms with Crippen LogP contribution in [0.4, 0.5) is 5.69 Å². The number of aromatic nitrogens is 1. The lowest BCUT2D eigenvalue weighted by Crippen LogP contribution is -2.23. The van der Waals surface area contributed by atoms with Gasteiger partial charge in [-0.05, 0) is 25.1 Å². The Morgan fingerprint density at radius 3 is 2.71 bits per heavy atom. The Kier molecular flexibility index (Phi) is 5.11. The molecule has 0 atom stereocenters. The number of nitrogens with one attached hydrogen (secondary N) is 1. The summed E-state index contributed by atoms with van der Waals surface area (Å²) in [5, 5.41) is 12.0. The van der Waals surface area contributed by atoms with Gasteiger partial charge in [0.2, 0.25) is 0 Å². The molecule has 0 fully saturated rings. The molecule has 0 spiro atoms. The quantitative estimate of drug-likeness (QED) is 0.824. The van der Waals surface area contributed by atoms with Crippen LogP contribution < -0.4 is 11.1 Å². The molecule has 0 saturated carbocycles. The van der Waals surface area contributed by atoms with Crippen molar-refractivity contribution in [2.75, 3.05) is 19.4 Å². The van der Waals surface area contributed by atoms with Crippen LogP contribution in [0, 0.1) is 11.3 Å². The number of rotatable bonds is 4. The second-order valence-corrected chi connectivity index (χ2v) is 5.21. The van der Waals surface area contributed by atoms with Crippen LogP contribution in [0.5, 0.6) is 0 Å². The average Bonchev–Trinajstić information content (AvgIpc) is 2.90. The van der Waals surface area contributed by atoms with Crippen molar-refractivity contribution >= 4 is 29.2 Å². The molecule has 0 aliphatic heterocycles. The summed E-state index contributed by atoms with van der Waals surface area (Å²) in [5.74, 6) is -0.982. The van der Waals surface area contributed by atoms with E-state index in [0.717, 1.165) is 0 Å². The van der Waals surface area contributed by atoms with E-state index >= 15 is 0 Å². The first-order valence-electron chi connectivity index (χ1n) is 7.01. The molecule has 8 heteroatoms. The number of ether oxygens (including phenoxy) is 1. The van der Waals surface area contributed by atoms with Crippen molar-refractivity contribution in [3.8, 4) is 11.8 Å². The van der Waals surface area contributed by atoms with Crippen LogP contribution in [0.25, 0.3) is 5.69 Å². The van der Waals surface area contributed by atoms with E-state index in [1.54, 1.807) is 13.0 Å². The van der Waals surface area contributed by atoms with Gasteiger partial charge in [-0.3, -0.25) is 4.79 Å². The number of nitrogen functional groups attached to an aromatic ring is 1. The highest BCUT2D eigenvalue weighted by Gasteiger charge is 2.22. The number of nitrogens with two attached hydrogens (primary N) is 1. The van der Waals surface area contributed by atoms with E-state index in [0.29, 0.717) is 17.8 Å². The molecule has 0 unspecified atom stereocenters. The molecule has 2 rings (SSSR count). The van der Waals surface area contributed by atoms with Gasteiger partial charge in [-0.2, -0.15) is 5.26 Å². The number of hydrogen-bond acceptors (Lipinski definition) is 5. The third-order valence-corrected chi connectivity index (χ3v) is 3.67. The number of benzene rings is 1. The summed E-state index contributed by atoms with van der Waals surface area (Å²) in [4.78, 5) is 23.9. The van der Waals surface area contributed by atoms with Gasteiger partial charge in [-0.15, -0.1) is 0 Å². The molecule has 7 nitrogen and oxygen atoms in total. The molecule has 124 valence electrons. The third-order valence-electron chi connectivity index (χ3n) is 3.36. The van der Waals surface area contributed by atoms with Gasteiger partial charge in [0, 0.05) is 18.4 Å². The van der Waals surface area contributed by atoms with Crippen molar-refractivity contribution < 1.29 is 14.3 Å². The third kappa shape index (κ3) is 3.05. The van der Waals surface area contributed by atoms with Crippen LogP contribution in [0.15, 0.2) is 24.4 Å². The molecule has 1 amide bonds. The number of carbonyl (C=O) groups is 2. The van der Waals surface area contributed by atoms with E-state index < -0.39 is 5.97 Å². The highest BCUT2D eigenvalue weighted by atomic mass is 35.5. The number of nitriles is 1. The van der Waals surface area contributed by atoms with Crippen molar-refractivity contribution in [2.24, 2.45) is 0 Å². The van der Waals surface area contributed by atoms with Crippen LogP contribution in [0.1, 0.15) is 33.3 Å². The fraction of sp³-hybridized carbons (Fsp3) is 0.188. The molecular weight excluding hydrogens is 332 g/mol. The van der Waals surface area contributed by atoms with Crippen LogP contribution in [0.3, 0.4) is 0 Å². The minimum atomic E-state index is -0.682. The topological polar surface area (TPSA) is 110 Å². The molecule has 3 N–H and O–H groups in total. The number of amides is 1. The maximum absolute atomic E-state index is 12.0. The summed E-state index contributed by atoms with van der Waals surface area (Å²) in [5.41, 5.74) is 6.81. The van der Waals surface area contributed by atoms with Gasteiger partial charge in [0.1, 0.15) is 6.07 Å². The maximum atomic E-state index is 12.0. The molecule has 1 aromatic heterocycles. The fourth-order valence-corrected chi connectivity index (χ4v) is 2.47. The molecule has 0 aliphatic rings. The predicted octanol–water partition coefficient (Wildman–Crippen LogP) is 2.12. The van der Waals surface area contributed by atoms with Crippen LogP contribution in [-0.4, -0.2) is 30.1 Å². The van der Waals surface area contributed by atoms with Gasteiger partial charge in [0.25, 0.3) is 5.91 Å². The lowest BCUT2D eigenvalue weighted by Gasteiger charge is -2.11. The summed E-state index contributed by atoms with van der Waals surface area (Å²) in [6.45, 7) is 2.28. The minimum absolute atomic E-state index is 0.0216. The summed E-state index contributed by atoms with van der Waals surface area (Å²) < 4.78 is 6.12. The van der Waals surface area contributed by atoms with Crippen LogP contribution in [-0.2, 0) is 4.74 Å². The zero-order valence-corrected chi connectivity index (χ0v) is 13.8. The van der Waals surface area contributed by atoms with Gasteiger partial charge in [-0.25, -0.2) is 4.79 Å². The van der Waals surface area contributed by atoms with Gasteiger partial charge in [-0.1, -0.05) is 11.6 Å². The molecule has 2 aromatic rings. The summed E-state index contributed by atoms with van der Waals surface area (Å²) in [7, 11) is 1.22. The molecule has 0 radical (unpaired) electrons. The van der Waals surface area contributed by atoms with Crippen molar-refractivity contribution in [2.45, 2.75) is 6.92 Å². The summed E-state index contributed by atoms with van der Waals surface area (Å²) in [6.07, 6.45) is 1.42. The van der Waals surface area contributed by atoms with E-state index in [1.807, 2.05) is 6.07 Å². The van der Waals surface area contributed by atoms with E-state index in [4.69, 9.17) is 27.3 Å². The van der Waals surface area contributed by atoms with Crippen molar-refractivity contribution in [1.29, 1.82) is 5.26 Å². The maximum Gasteiger partial charge on any atom is 0.357 e. The standard InChI is InChI=1S/C16H15ClN4O3/c1-3-20-15(22)11-5-4-10(6-12(11)17)21-8-9(7-18)13(19)14(21)16(23)24-2/h4-6,8H,3,19H2,1-2H3,(H,20,22). The molecule has 0 saturated heterocycles. The largest absolute Gasteiger partial charge is 0.464 e. The normalized spacial score (nSPS) is 10.1. The summed E-state index contributed by atoms with van der Waals surface area (Å²) >= 11 is 6.17. The Morgan fingerprint density at radius 1 is 1.46 bits per heavy atom. The van der Waals surface area contributed by atoms with Crippen molar-refractivity contribution in [3.05, 3.63) is 46.2 Å². The second-order valence-electron chi connectivity index (χ2n) is 4.80. The van der Waals surface area contributed by atoms with E-state index in [9.17, 15) is 9.59 Å². The van der Waals surface area contributed by atoms with E-state index in [1.165, 1.54) is 30.0 Å². The SMILES string of the molecule is CCNC(=O)c1ccc(-n2cc(C#N)c(N)c2C(=O)OC)cc1Cl. The Hall–Kier alpha value is -2.98. The van der Waals surface area contributed by atoms with Gasteiger partial charge >= 0.3 is 5.97 Å². The van der Waals surface area contributed by atoms with Crippen molar-refractivity contribution in [3.63, 3.8) is 0 Å². The smallest absolute Gasteiger partial charge is 0.357 e. The zero-order valence-electron chi connectivity index (χ0n) is 13.1. The number of carbonyl (C=O) groups excluding carboxylic acids is 2.